The van der Waals surface area contributed by atoms with E-state index in [0.29, 0.717) is 32.7 Å². The van der Waals surface area contributed by atoms with E-state index in [9.17, 15) is 4.79 Å². The van der Waals surface area contributed by atoms with Crippen LogP contribution in [0, 0.1) is 6.92 Å². The summed E-state index contributed by atoms with van der Waals surface area (Å²) in [5, 5.41) is 4.16. The smallest absolute Gasteiger partial charge is 0.248 e. The molecule has 0 fully saturated rings. The maximum absolute atomic E-state index is 12.4. The summed E-state index contributed by atoms with van der Waals surface area (Å²) in [7, 11) is 0. The number of amides is 1. The summed E-state index contributed by atoms with van der Waals surface area (Å²) in [4.78, 5) is 16.9. The van der Waals surface area contributed by atoms with Crippen molar-refractivity contribution in [1.29, 1.82) is 0 Å². The van der Waals surface area contributed by atoms with Gasteiger partial charge in [-0.3, -0.25) is 4.79 Å². The van der Waals surface area contributed by atoms with Gasteiger partial charge in [0.25, 0.3) is 0 Å². The zero-order valence-corrected chi connectivity index (χ0v) is 17.0. The quantitative estimate of drug-likeness (QED) is 0.369. The molecule has 6 heteroatoms. The summed E-state index contributed by atoms with van der Waals surface area (Å²) in [6.45, 7) is 1.91. The highest BCUT2D eigenvalue weighted by molar-refractivity contribution is 6.31. The van der Waals surface area contributed by atoms with Gasteiger partial charge in [-0.1, -0.05) is 41.4 Å². The number of nitrogens with one attached hydrogen (secondary N) is 1. The van der Waals surface area contributed by atoms with Crippen LogP contribution in [0.2, 0.25) is 10.0 Å². The largest absolute Gasteiger partial charge is 0.436 e. The number of hydrogen-bond acceptors (Lipinski definition) is 3. The molecule has 4 rings (SSSR count). The molecule has 0 bridgehead atoms. The fourth-order valence-electron chi connectivity index (χ4n) is 2.94. The highest BCUT2D eigenvalue weighted by Gasteiger charge is 2.13. The normalized spacial score (nSPS) is 11.3. The summed E-state index contributed by atoms with van der Waals surface area (Å²) in [5.41, 5.74) is 4.58. The van der Waals surface area contributed by atoms with E-state index in [1.54, 1.807) is 36.4 Å². The Kier molecular flexibility index (Phi) is 5.38. The molecule has 1 amide bonds. The van der Waals surface area contributed by atoms with E-state index in [1.165, 1.54) is 6.08 Å². The maximum Gasteiger partial charge on any atom is 0.248 e. The van der Waals surface area contributed by atoms with Crippen molar-refractivity contribution in [1.82, 2.24) is 4.98 Å². The minimum absolute atomic E-state index is 0.232. The van der Waals surface area contributed by atoms with E-state index in [1.807, 2.05) is 37.3 Å². The van der Waals surface area contributed by atoms with Crippen LogP contribution in [0.15, 0.2) is 71.2 Å². The minimum Gasteiger partial charge on any atom is -0.436 e. The van der Waals surface area contributed by atoms with Crippen molar-refractivity contribution in [2.24, 2.45) is 0 Å². The minimum atomic E-state index is -0.232. The second-order valence-corrected chi connectivity index (χ2v) is 7.36. The van der Waals surface area contributed by atoms with Gasteiger partial charge in [0.05, 0.1) is 0 Å². The van der Waals surface area contributed by atoms with Crippen LogP contribution >= 0.6 is 23.2 Å². The molecule has 0 radical (unpaired) electrons. The first-order valence-electron chi connectivity index (χ1n) is 8.90. The number of anilines is 1. The van der Waals surface area contributed by atoms with Crippen LogP contribution in [0.5, 0.6) is 0 Å². The number of carbonyl (C=O) groups is 1. The van der Waals surface area contributed by atoms with Crippen LogP contribution in [0.3, 0.4) is 0 Å². The van der Waals surface area contributed by atoms with Crippen molar-refractivity contribution in [2.45, 2.75) is 6.92 Å². The molecular formula is C23H16Cl2N2O2. The monoisotopic (exact) mass is 422 g/mol. The van der Waals surface area contributed by atoms with E-state index in [4.69, 9.17) is 27.6 Å². The van der Waals surface area contributed by atoms with Gasteiger partial charge in [0.2, 0.25) is 11.8 Å². The van der Waals surface area contributed by atoms with Crippen molar-refractivity contribution in [2.75, 3.05) is 5.32 Å². The van der Waals surface area contributed by atoms with Gasteiger partial charge in [-0.2, -0.15) is 0 Å². The molecule has 0 unspecified atom stereocenters. The predicted octanol–water partition coefficient (Wildman–Crippen LogP) is 6.76. The molecule has 0 aliphatic heterocycles. The van der Waals surface area contributed by atoms with Crippen LogP contribution in [0.25, 0.3) is 28.6 Å². The fraction of sp³-hybridized carbons (Fsp3) is 0.0435. The van der Waals surface area contributed by atoms with Crippen LogP contribution in [0.4, 0.5) is 5.69 Å². The summed E-state index contributed by atoms with van der Waals surface area (Å²) in [5.74, 6) is 0.247. The Bertz CT molecular complexity index is 1230. The van der Waals surface area contributed by atoms with E-state index in [2.05, 4.69) is 10.3 Å². The third kappa shape index (κ3) is 4.34. The Labute approximate surface area is 177 Å². The van der Waals surface area contributed by atoms with Crippen LogP contribution in [-0.2, 0) is 4.79 Å². The van der Waals surface area contributed by atoms with Crippen molar-refractivity contribution in [3.8, 4) is 11.5 Å². The first-order chi connectivity index (χ1) is 14.0. The molecule has 144 valence electrons. The van der Waals surface area contributed by atoms with Crippen molar-refractivity contribution in [3.05, 3.63) is 87.9 Å². The standard InChI is InChI=1S/C23H16Cl2N2O2/c1-14-18(23-27-20-13-17(25)10-11-21(20)29-23)3-2-4-19(14)26-22(28)12-7-15-5-8-16(24)9-6-15/h2-13H,1H3,(H,26,28). The number of hydrogen-bond donors (Lipinski definition) is 1. The number of nitrogens with zero attached hydrogens (tertiary/aromatic N) is 1. The van der Waals surface area contributed by atoms with Gasteiger partial charge >= 0.3 is 0 Å². The van der Waals surface area contributed by atoms with Gasteiger partial charge in [0.15, 0.2) is 5.58 Å². The summed E-state index contributed by atoms with van der Waals surface area (Å²) >= 11 is 11.9. The summed E-state index contributed by atoms with van der Waals surface area (Å²) in [6, 6.07) is 18.1. The average Bonchev–Trinajstić information content (AvgIpc) is 3.12. The van der Waals surface area contributed by atoms with E-state index >= 15 is 0 Å². The van der Waals surface area contributed by atoms with Crippen molar-refractivity contribution < 1.29 is 9.21 Å². The maximum atomic E-state index is 12.4. The number of halogens is 2. The van der Waals surface area contributed by atoms with Gasteiger partial charge in [-0.25, -0.2) is 4.98 Å². The summed E-state index contributed by atoms with van der Waals surface area (Å²) < 4.78 is 5.86. The Morgan fingerprint density at radius 2 is 1.79 bits per heavy atom. The van der Waals surface area contributed by atoms with Gasteiger partial charge in [-0.15, -0.1) is 0 Å². The second kappa shape index (κ2) is 8.11. The molecule has 0 saturated carbocycles. The molecule has 4 nitrogen and oxygen atoms in total. The Hall–Kier alpha value is -3.08. The van der Waals surface area contributed by atoms with E-state index in [-0.39, 0.29) is 5.91 Å². The zero-order valence-electron chi connectivity index (χ0n) is 15.4. The van der Waals surface area contributed by atoms with Gasteiger partial charge < -0.3 is 9.73 Å². The number of rotatable bonds is 4. The molecule has 0 saturated heterocycles. The molecule has 1 N–H and O–H groups in total. The SMILES string of the molecule is Cc1c(NC(=O)C=Cc2ccc(Cl)cc2)cccc1-c1nc2cc(Cl)ccc2o1. The molecule has 29 heavy (non-hydrogen) atoms. The fourth-order valence-corrected chi connectivity index (χ4v) is 3.23. The lowest BCUT2D eigenvalue weighted by molar-refractivity contribution is -0.111. The number of oxazole rings is 1. The molecule has 0 spiro atoms. The Morgan fingerprint density at radius 3 is 2.59 bits per heavy atom. The molecule has 1 aromatic heterocycles. The number of aromatic nitrogens is 1. The van der Waals surface area contributed by atoms with Crippen molar-refractivity contribution in [3.63, 3.8) is 0 Å². The first-order valence-corrected chi connectivity index (χ1v) is 9.66. The highest BCUT2D eigenvalue weighted by atomic mass is 35.5. The third-order valence-electron chi connectivity index (χ3n) is 4.47. The molecule has 0 aliphatic rings. The second-order valence-electron chi connectivity index (χ2n) is 6.48. The van der Waals surface area contributed by atoms with E-state index < -0.39 is 0 Å². The lowest BCUT2D eigenvalue weighted by Crippen LogP contribution is -2.09. The van der Waals surface area contributed by atoms with Gasteiger partial charge in [0.1, 0.15) is 5.52 Å². The number of benzene rings is 3. The summed E-state index contributed by atoms with van der Waals surface area (Å²) in [6.07, 6.45) is 3.21. The third-order valence-corrected chi connectivity index (χ3v) is 4.96. The highest BCUT2D eigenvalue weighted by Crippen LogP contribution is 2.31. The molecule has 0 atom stereocenters. The van der Waals surface area contributed by atoms with Crippen LogP contribution in [0.1, 0.15) is 11.1 Å². The predicted molar refractivity (Wildman–Crippen MR) is 118 cm³/mol. The number of carbonyl (C=O) groups excluding carboxylic acids is 1. The Balaban J connectivity index is 1.57. The number of fused-ring (bicyclic) bond motifs is 1. The van der Waals surface area contributed by atoms with Gasteiger partial charge in [0, 0.05) is 27.4 Å². The van der Waals surface area contributed by atoms with Crippen molar-refractivity contribution >= 4 is 52.0 Å². The lowest BCUT2D eigenvalue weighted by Gasteiger charge is -2.09. The van der Waals surface area contributed by atoms with Gasteiger partial charge in [-0.05, 0) is 66.6 Å². The average molecular weight is 423 g/mol. The molecular weight excluding hydrogens is 407 g/mol. The Morgan fingerprint density at radius 1 is 1.03 bits per heavy atom. The zero-order chi connectivity index (χ0) is 20.4. The topological polar surface area (TPSA) is 55.1 Å². The first kappa shape index (κ1) is 19.2. The molecule has 3 aromatic carbocycles. The van der Waals surface area contributed by atoms with E-state index in [0.717, 1.165) is 16.7 Å². The lowest BCUT2D eigenvalue weighted by atomic mass is 10.1. The molecule has 4 aromatic rings. The molecule has 0 aliphatic carbocycles. The van der Waals surface area contributed by atoms with Crippen LogP contribution in [-0.4, -0.2) is 10.9 Å². The molecule has 1 heterocycles. The van der Waals surface area contributed by atoms with Crippen LogP contribution < -0.4 is 5.32 Å².